The lowest BCUT2D eigenvalue weighted by Crippen LogP contribution is -2.19. The molecule has 2 unspecified atom stereocenters. The van der Waals surface area contributed by atoms with E-state index in [2.05, 4.69) is 18.8 Å². The summed E-state index contributed by atoms with van der Waals surface area (Å²) in [6, 6.07) is 0.157. The average molecular weight is 217 g/mol. The molecule has 2 atom stereocenters. The molecule has 16 heavy (non-hydrogen) atoms. The first-order chi connectivity index (χ1) is 7.58. The van der Waals surface area contributed by atoms with Crippen LogP contribution in [-0.4, -0.2) is 9.97 Å². The molecule has 0 aliphatic heterocycles. The van der Waals surface area contributed by atoms with E-state index >= 15 is 0 Å². The van der Waals surface area contributed by atoms with Crippen LogP contribution < -0.4 is 5.73 Å². The molecule has 0 amide bonds. The Balaban J connectivity index is 1.94. The van der Waals surface area contributed by atoms with Crippen molar-refractivity contribution in [3.8, 4) is 0 Å². The summed E-state index contributed by atoms with van der Waals surface area (Å²) in [5, 5.41) is 0. The third kappa shape index (κ3) is 1.54. The Morgan fingerprint density at radius 3 is 2.88 bits per heavy atom. The number of hydrogen-bond acceptors (Lipinski definition) is 3. The first kappa shape index (κ1) is 10.2. The van der Waals surface area contributed by atoms with Gasteiger partial charge in [-0.05, 0) is 31.1 Å². The second-order valence-electron chi connectivity index (χ2n) is 5.87. The van der Waals surface area contributed by atoms with Crippen molar-refractivity contribution < 1.29 is 0 Å². The topological polar surface area (TPSA) is 51.8 Å². The number of nitrogens with zero attached hydrogens (tertiary/aromatic N) is 2. The first-order valence-corrected chi connectivity index (χ1v) is 6.19. The largest absolute Gasteiger partial charge is 0.324 e. The quantitative estimate of drug-likeness (QED) is 0.785. The monoisotopic (exact) mass is 217 g/mol. The van der Waals surface area contributed by atoms with E-state index in [1.54, 1.807) is 0 Å². The van der Waals surface area contributed by atoms with Gasteiger partial charge in [-0.25, -0.2) is 9.97 Å². The van der Waals surface area contributed by atoms with Gasteiger partial charge >= 0.3 is 0 Å². The summed E-state index contributed by atoms with van der Waals surface area (Å²) in [7, 11) is 0. The molecular weight excluding hydrogens is 198 g/mol. The van der Waals surface area contributed by atoms with E-state index < -0.39 is 0 Å². The van der Waals surface area contributed by atoms with Gasteiger partial charge in [0, 0.05) is 29.4 Å². The Labute approximate surface area is 96.5 Å². The second kappa shape index (κ2) is 3.27. The third-order valence-electron chi connectivity index (χ3n) is 4.07. The van der Waals surface area contributed by atoms with Gasteiger partial charge in [0.1, 0.15) is 5.82 Å². The molecule has 1 saturated carbocycles. The predicted octanol–water partition coefficient (Wildman–Crippen LogP) is 2.33. The van der Waals surface area contributed by atoms with Gasteiger partial charge in [-0.15, -0.1) is 0 Å². The average Bonchev–Trinajstić information content (AvgIpc) is 2.88. The summed E-state index contributed by atoms with van der Waals surface area (Å²) in [4.78, 5) is 9.24. The number of aryl methyl sites for hydroxylation is 1. The smallest absolute Gasteiger partial charge is 0.132 e. The number of rotatable bonds is 1. The van der Waals surface area contributed by atoms with E-state index in [9.17, 15) is 0 Å². The van der Waals surface area contributed by atoms with E-state index in [0.29, 0.717) is 11.3 Å². The predicted molar refractivity (Wildman–Crippen MR) is 63.0 cm³/mol. The van der Waals surface area contributed by atoms with Crippen molar-refractivity contribution in [2.45, 2.75) is 51.5 Å². The van der Waals surface area contributed by atoms with Gasteiger partial charge in [-0.1, -0.05) is 13.8 Å². The molecule has 0 bridgehead atoms. The van der Waals surface area contributed by atoms with Crippen molar-refractivity contribution >= 4 is 0 Å². The minimum atomic E-state index is 0.157. The molecule has 86 valence electrons. The van der Waals surface area contributed by atoms with Crippen molar-refractivity contribution in [3.05, 3.63) is 23.3 Å². The summed E-state index contributed by atoms with van der Waals surface area (Å²) < 4.78 is 0. The Morgan fingerprint density at radius 1 is 1.44 bits per heavy atom. The van der Waals surface area contributed by atoms with Crippen LogP contribution >= 0.6 is 0 Å². The Hall–Kier alpha value is -0.960. The van der Waals surface area contributed by atoms with Gasteiger partial charge < -0.3 is 5.73 Å². The fourth-order valence-corrected chi connectivity index (χ4v) is 2.67. The van der Waals surface area contributed by atoms with E-state index in [0.717, 1.165) is 18.7 Å². The fourth-order valence-electron chi connectivity index (χ4n) is 2.67. The van der Waals surface area contributed by atoms with Crippen LogP contribution in [0.15, 0.2) is 6.20 Å². The zero-order valence-corrected chi connectivity index (χ0v) is 10.0. The van der Waals surface area contributed by atoms with Crippen molar-refractivity contribution in [1.29, 1.82) is 0 Å². The van der Waals surface area contributed by atoms with Crippen molar-refractivity contribution in [2.75, 3.05) is 0 Å². The summed E-state index contributed by atoms with van der Waals surface area (Å²) in [6.07, 6.45) is 6.50. The van der Waals surface area contributed by atoms with Crippen LogP contribution in [0.3, 0.4) is 0 Å². The van der Waals surface area contributed by atoms with E-state index in [4.69, 9.17) is 10.7 Å². The summed E-state index contributed by atoms with van der Waals surface area (Å²) in [6.45, 7) is 4.57. The van der Waals surface area contributed by atoms with Gasteiger partial charge in [0.25, 0.3) is 0 Å². The Bertz CT molecular complexity index is 425. The molecule has 3 nitrogen and oxygen atoms in total. The van der Waals surface area contributed by atoms with Crippen LogP contribution in [0.4, 0.5) is 0 Å². The molecular formula is C13H19N3. The van der Waals surface area contributed by atoms with Gasteiger partial charge in [0.2, 0.25) is 0 Å². The highest BCUT2D eigenvalue weighted by molar-refractivity contribution is 5.27. The standard InChI is InChI=1S/C13H19N3/c1-13(2)6-9(13)12-15-7-8-10(14)4-3-5-11(8)16-12/h7,9-10H,3-6,14H2,1-2H3. The molecule has 2 aliphatic carbocycles. The molecule has 3 heteroatoms. The van der Waals surface area contributed by atoms with Gasteiger partial charge in [0.05, 0.1) is 0 Å². The Kier molecular flexibility index (Phi) is 2.08. The minimum Gasteiger partial charge on any atom is -0.324 e. The molecule has 2 N–H and O–H groups in total. The van der Waals surface area contributed by atoms with E-state index in [1.165, 1.54) is 24.1 Å². The highest BCUT2D eigenvalue weighted by Crippen LogP contribution is 2.57. The number of fused-ring (bicyclic) bond motifs is 1. The second-order valence-corrected chi connectivity index (χ2v) is 5.87. The maximum atomic E-state index is 6.06. The lowest BCUT2D eigenvalue weighted by atomic mass is 9.93. The van der Waals surface area contributed by atoms with Crippen LogP contribution in [-0.2, 0) is 6.42 Å². The van der Waals surface area contributed by atoms with Gasteiger partial charge in [-0.2, -0.15) is 0 Å². The maximum absolute atomic E-state index is 6.06. The fraction of sp³-hybridized carbons (Fsp3) is 0.692. The molecule has 3 rings (SSSR count). The number of aromatic nitrogens is 2. The maximum Gasteiger partial charge on any atom is 0.132 e. The van der Waals surface area contributed by atoms with Crippen molar-refractivity contribution in [1.82, 2.24) is 9.97 Å². The lowest BCUT2D eigenvalue weighted by molar-refractivity contribution is 0.547. The molecule has 0 saturated heterocycles. The summed E-state index contributed by atoms with van der Waals surface area (Å²) in [5.41, 5.74) is 8.84. The Morgan fingerprint density at radius 2 is 2.19 bits per heavy atom. The third-order valence-corrected chi connectivity index (χ3v) is 4.07. The summed E-state index contributed by atoms with van der Waals surface area (Å²) in [5.74, 6) is 1.61. The van der Waals surface area contributed by atoms with Gasteiger partial charge in [-0.3, -0.25) is 0 Å². The molecule has 1 aromatic rings. The van der Waals surface area contributed by atoms with Crippen LogP contribution in [0.5, 0.6) is 0 Å². The summed E-state index contributed by atoms with van der Waals surface area (Å²) >= 11 is 0. The lowest BCUT2D eigenvalue weighted by Gasteiger charge is -2.21. The molecule has 0 aromatic carbocycles. The van der Waals surface area contributed by atoms with Crippen LogP contribution in [0.2, 0.25) is 0 Å². The van der Waals surface area contributed by atoms with Crippen LogP contribution in [0, 0.1) is 5.41 Å². The van der Waals surface area contributed by atoms with Crippen molar-refractivity contribution in [3.63, 3.8) is 0 Å². The van der Waals surface area contributed by atoms with Crippen LogP contribution in [0.1, 0.15) is 62.2 Å². The molecule has 1 fully saturated rings. The van der Waals surface area contributed by atoms with Gasteiger partial charge in [0.15, 0.2) is 0 Å². The van der Waals surface area contributed by atoms with E-state index in [1.807, 2.05) is 6.20 Å². The minimum absolute atomic E-state index is 0.157. The molecule has 2 aliphatic rings. The molecule has 0 radical (unpaired) electrons. The first-order valence-electron chi connectivity index (χ1n) is 6.19. The molecule has 0 spiro atoms. The molecule has 1 heterocycles. The molecule has 1 aromatic heterocycles. The van der Waals surface area contributed by atoms with E-state index in [-0.39, 0.29) is 6.04 Å². The van der Waals surface area contributed by atoms with Crippen LogP contribution in [0.25, 0.3) is 0 Å². The zero-order valence-electron chi connectivity index (χ0n) is 10.0. The number of nitrogens with two attached hydrogens (primary N) is 1. The highest BCUT2D eigenvalue weighted by atomic mass is 14.9. The SMILES string of the molecule is CC1(C)CC1c1ncc2c(n1)CCCC2N. The highest BCUT2D eigenvalue weighted by Gasteiger charge is 2.48. The zero-order chi connectivity index (χ0) is 11.3. The normalized spacial score (nSPS) is 30.9. The van der Waals surface area contributed by atoms with Crippen molar-refractivity contribution in [2.24, 2.45) is 11.1 Å². The number of hydrogen-bond donors (Lipinski definition) is 1.